The first-order valence-corrected chi connectivity index (χ1v) is 13.8. The third-order valence-electron chi connectivity index (χ3n) is 6.81. The molecule has 0 unspecified atom stereocenters. The minimum absolute atomic E-state index is 0.242. The molecule has 1 aliphatic carbocycles. The number of carbonyl (C=O) groups excluding carboxylic acids is 1. The van der Waals surface area contributed by atoms with Gasteiger partial charge in [-0.2, -0.15) is 13.2 Å². The lowest BCUT2D eigenvalue weighted by atomic mass is 10.1. The van der Waals surface area contributed by atoms with E-state index in [9.17, 15) is 18.0 Å². The van der Waals surface area contributed by atoms with Crippen LogP contribution in [-0.2, 0) is 28.8 Å². The number of carbonyl (C=O) groups is 1. The van der Waals surface area contributed by atoms with Gasteiger partial charge in [0.2, 0.25) is 5.88 Å². The molecule has 1 fully saturated rings. The average molecular weight is 594 g/mol. The lowest BCUT2D eigenvalue weighted by Gasteiger charge is -2.14. The van der Waals surface area contributed by atoms with Crippen molar-refractivity contribution in [1.82, 2.24) is 29.5 Å². The van der Waals surface area contributed by atoms with Gasteiger partial charge in [-0.15, -0.1) is 0 Å². The number of rotatable bonds is 11. The maximum absolute atomic E-state index is 13.2. The highest BCUT2D eigenvalue weighted by atomic mass is 19.4. The molecule has 1 aliphatic rings. The lowest BCUT2D eigenvalue weighted by Crippen LogP contribution is -2.08. The van der Waals surface area contributed by atoms with Crippen molar-refractivity contribution < 1.29 is 27.4 Å². The minimum Gasteiger partial charge on any atom is -0.480 e. The molecule has 43 heavy (non-hydrogen) atoms. The van der Waals surface area contributed by atoms with Gasteiger partial charge >= 0.3 is 12.1 Å². The van der Waals surface area contributed by atoms with Crippen LogP contribution in [0.3, 0.4) is 0 Å². The van der Waals surface area contributed by atoms with Crippen molar-refractivity contribution in [3.05, 3.63) is 71.6 Å². The van der Waals surface area contributed by atoms with E-state index in [1.165, 1.54) is 24.1 Å². The van der Waals surface area contributed by atoms with Crippen LogP contribution in [0.2, 0.25) is 0 Å². The summed E-state index contributed by atoms with van der Waals surface area (Å²) < 4.78 is 51.7. The molecule has 0 amide bonds. The molecule has 0 saturated heterocycles. The zero-order valence-corrected chi connectivity index (χ0v) is 23.9. The molecule has 5 rings (SSSR count). The first-order valence-electron chi connectivity index (χ1n) is 13.8. The number of aryl methyl sites for hydroxylation is 1. The molecule has 0 radical (unpaired) electrons. The van der Waals surface area contributed by atoms with Crippen LogP contribution in [-0.4, -0.2) is 49.2 Å². The van der Waals surface area contributed by atoms with Crippen LogP contribution in [0.4, 0.5) is 19.0 Å². The van der Waals surface area contributed by atoms with Crippen molar-refractivity contribution in [1.29, 1.82) is 0 Å². The number of anilines is 1. The van der Waals surface area contributed by atoms with Crippen molar-refractivity contribution >= 4 is 17.9 Å². The van der Waals surface area contributed by atoms with Gasteiger partial charge in [0.05, 0.1) is 19.4 Å². The molecule has 3 aromatic heterocycles. The van der Waals surface area contributed by atoms with Crippen LogP contribution in [0.1, 0.15) is 55.1 Å². The van der Waals surface area contributed by atoms with E-state index in [0.717, 1.165) is 30.3 Å². The standard InChI is InChI=1S/C30H30F3N7O3/c1-4-40-16-22(30(31,32)33)38-28(40)20-8-6-18(7-9-20)14-34-26-21(12-13-23(41)43-5-2)15-35-27(39-26)24-25(19-10-11-19)36-17-37-29(24)42-3/h6-9,12-13,15-17,19H,4-5,10-11,14H2,1-3H3,(H,34,35,39)/b13-12+. The van der Waals surface area contributed by atoms with Crippen LogP contribution in [0, 0.1) is 0 Å². The predicted octanol–water partition coefficient (Wildman–Crippen LogP) is 5.91. The second-order valence-electron chi connectivity index (χ2n) is 9.78. The van der Waals surface area contributed by atoms with Crippen LogP contribution in [0.25, 0.3) is 28.9 Å². The number of methoxy groups -OCH3 is 1. The van der Waals surface area contributed by atoms with Crippen LogP contribution >= 0.6 is 0 Å². The second-order valence-corrected chi connectivity index (χ2v) is 9.78. The molecule has 4 aromatic rings. The minimum atomic E-state index is -4.52. The summed E-state index contributed by atoms with van der Waals surface area (Å²) in [5.74, 6) is 1.21. The van der Waals surface area contributed by atoms with Crippen molar-refractivity contribution in [2.45, 2.75) is 51.9 Å². The lowest BCUT2D eigenvalue weighted by molar-refractivity contribution is -0.141. The van der Waals surface area contributed by atoms with Gasteiger partial charge in [0.1, 0.15) is 23.5 Å². The number of esters is 1. The van der Waals surface area contributed by atoms with Gasteiger partial charge in [-0.3, -0.25) is 0 Å². The number of nitrogens with zero attached hydrogens (tertiary/aromatic N) is 6. The summed E-state index contributed by atoms with van der Waals surface area (Å²) in [4.78, 5) is 33.8. The average Bonchev–Trinajstić information content (AvgIpc) is 3.76. The fourth-order valence-corrected chi connectivity index (χ4v) is 4.52. The van der Waals surface area contributed by atoms with E-state index >= 15 is 0 Å². The Kier molecular flexibility index (Phi) is 8.69. The predicted molar refractivity (Wildman–Crippen MR) is 153 cm³/mol. The molecule has 10 nitrogen and oxygen atoms in total. The largest absolute Gasteiger partial charge is 0.480 e. The molecule has 0 spiro atoms. The zero-order valence-electron chi connectivity index (χ0n) is 23.9. The molecular weight excluding hydrogens is 563 g/mol. The molecule has 1 aromatic carbocycles. The first kappa shape index (κ1) is 29.7. The molecule has 13 heteroatoms. The van der Waals surface area contributed by atoms with Crippen molar-refractivity contribution in [3.8, 4) is 28.7 Å². The monoisotopic (exact) mass is 593 g/mol. The van der Waals surface area contributed by atoms with Crippen molar-refractivity contribution in [2.24, 2.45) is 0 Å². The number of alkyl halides is 3. The van der Waals surface area contributed by atoms with Crippen LogP contribution < -0.4 is 10.1 Å². The topological polar surface area (TPSA) is 117 Å². The van der Waals surface area contributed by atoms with E-state index in [2.05, 4.69) is 25.3 Å². The maximum atomic E-state index is 13.2. The van der Waals surface area contributed by atoms with Crippen LogP contribution in [0.5, 0.6) is 5.88 Å². The first-order chi connectivity index (χ1) is 20.7. The Balaban J connectivity index is 1.43. The van der Waals surface area contributed by atoms with Crippen LogP contribution in [0.15, 0.2) is 49.1 Å². The van der Waals surface area contributed by atoms with E-state index in [0.29, 0.717) is 47.3 Å². The molecule has 0 aliphatic heterocycles. The molecule has 0 atom stereocenters. The summed E-state index contributed by atoms with van der Waals surface area (Å²) in [5.41, 5.74) is 2.46. The number of nitrogens with one attached hydrogen (secondary N) is 1. The van der Waals surface area contributed by atoms with Gasteiger partial charge in [-0.25, -0.2) is 29.7 Å². The maximum Gasteiger partial charge on any atom is 0.434 e. The fourth-order valence-electron chi connectivity index (χ4n) is 4.52. The molecule has 1 N–H and O–H groups in total. The number of hydrogen-bond acceptors (Lipinski definition) is 9. The Morgan fingerprint density at radius 1 is 1.12 bits per heavy atom. The van der Waals surface area contributed by atoms with Gasteiger partial charge in [-0.05, 0) is 38.3 Å². The van der Waals surface area contributed by atoms with Gasteiger partial charge in [0, 0.05) is 48.6 Å². The summed E-state index contributed by atoms with van der Waals surface area (Å²) in [6.45, 7) is 4.40. The number of hydrogen-bond donors (Lipinski definition) is 1. The molecule has 0 bridgehead atoms. The van der Waals surface area contributed by atoms with Gasteiger partial charge in [-0.1, -0.05) is 24.3 Å². The summed E-state index contributed by atoms with van der Waals surface area (Å²) in [7, 11) is 1.53. The Hall–Kier alpha value is -4.81. The molecule has 1 saturated carbocycles. The Morgan fingerprint density at radius 3 is 2.53 bits per heavy atom. The number of imidazole rings is 1. The van der Waals surface area contributed by atoms with E-state index in [1.807, 2.05) is 0 Å². The third-order valence-corrected chi connectivity index (χ3v) is 6.81. The number of benzene rings is 1. The summed E-state index contributed by atoms with van der Waals surface area (Å²) >= 11 is 0. The molecule has 224 valence electrons. The third kappa shape index (κ3) is 6.82. The Labute approximate surface area is 246 Å². The highest BCUT2D eigenvalue weighted by Crippen LogP contribution is 2.45. The van der Waals surface area contributed by atoms with Crippen molar-refractivity contribution in [2.75, 3.05) is 19.0 Å². The summed E-state index contributed by atoms with van der Waals surface area (Å²) in [5, 5.41) is 3.30. The number of halogens is 3. The van der Waals surface area contributed by atoms with E-state index < -0.39 is 17.8 Å². The zero-order chi connectivity index (χ0) is 30.6. The van der Waals surface area contributed by atoms with E-state index in [-0.39, 0.29) is 18.3 Å². The van der Waals surface area contributed by atoms with Gasteiger partial charge in [0.15, 0.2) is 11.5 Å². The number of aromatic nitrogens is 6. The van der Waals surface area contributed by atoms with E-state index in [4.69, 9.17) is 14.5 Å². The summed E-state index contributed by atoms with van der Waals surface area (Å²) in [6, 6.07) is 7.07. The highest BCUT2D eigenvalue weighted by Gasteiger charge is 2.35. The smallest absolute Gasteiger partial charge is 0.434 e. The normalized spacial score (nSPS) is 13.3. The van der Waals surface area contributed by atoms with Gasteiger partial charge in [0.25, 0.3) is 0 Å². The number of ether oxygens (including phenoxy) is 2. The molecule has 3 heterocycles. The summed E-state index contributed by atoms with van der Waals surface area (Å²) in [6.07, 6.45) is 4.43. The second kappa shape index (κ2) is 12.6. The quantitative estimate of drug-likeness (QED) is 0.167. The SMILES string of the molecule is CCOC(=O)/C=C/c1cnc(-c2c(OC)ncnc2C2CC2)nc1NCc1ccc(-c2nc(C(F)(F)F)cn2CC)cc1. The Morgan fingerprint density at radius 2 is 1.88 bits per heavy atom. The van der Waals surface area contributed by atoms with Crippen molar-refractivity contribution in [3.63, 3.8) is 0 Å². The Bertz CT molecular complexity index is 1630. The fraction of sp³-hybridized carbons (Fsp3) is 0.333. The highest BCUT2D eigenvalue weighted by molar-refractivity contribution is 5.88. The molecular formula is C30H30F3N7O3. The van der Waals surface area contributed by atoms with E-state index in [1.54, 1.807) is 50.4 Å². The van der Waals surface area contributed by atoms with Gasteiger partial charge < -0.3 is 19.4 Å².